The minimum absolute atomic E-state index is 0.0576. The summed E-state index contributed by atoms with van der Waals surface area (Å²) in [6, 6.07) is 1.81. The van der Waals surface area contributed by atoms with Crippen LogP contribution in [0.1, 0.15) is 29.9 Å². The van der Waals surface area contributed by atoms with Crippen molar-refractivity contribution in [2.45, 2.75) is 45.1 Å². The summed E-state index contributed by atoms with van der Waals surface area (Å²) in [6.45, 7) is 1.44. The van der Waals surface area contributed by atoms with Crippen LogP contribution in [0.4, 0.5) is 13.2 Å². The number of hydrogen-bond donors (Lipinski definition) is 1. The van der Waals surface area contributed by atoms with Crippen molar-refractivity contribution in [1.29, 1.82) is 0 Å². The molecule has 6 heteroatoms. The first-order chi connectivity index (χ1) is 8.39. The topological polar surface area (TPSA) is 42.4 Å². The van der Waals surface area contributed by atoms with E-state index >= 15 is 0 Å². The van der Waals surface area contributed by atoms with Crippen molar-refractivity contribution in [3.8, 4) is 0 Å². The fourth-order valence-corrected chi connectivity index (χ4v) is 2.05. The number of nitrogens with zero attached hydrogens (tertiary/aromatic N) is 1. The molecule has 1 aliphatic carbocycles. The first kappa shape index (κ1) is 13.4. The minimum Gasteiger partial charge on any atom is -0.465 e. The molecule has 0 bridgehead atoms. The second kappa shape index (κ2) is 4.93. The Labute approximate surface area is 104 Å². The van der Waals surface area contributed by atoms with Crippen LogP contribution in [0.15, 0.2) is 10.5 Å². The molecule has 1 saturated carbocycles. The number of halogens is 3. The van der Waals surface area contributed by atoms with Gasteiger partial charge in [0.1, 0.15) is 11.5 Å². The molecule has 1 aromatic heterocycles. The van der Waals surface area contributed by atoms with E-state index < -0.39 is 12.7 Å². The molecule has 1 aliphatic rings. The summed E-state index contributed by atoms with van der Waals surface area (Å²) in [7, 11) is 0. The fourth-order valence-electron chi connectivity index (χ4n) is 2.05. The maximum Gasteiger partial charge on any atom is 0.401 e. The monoisotopic (exact) mass is 262 g/mol. The molecule has 0 radical (unpaired) electrons. The van der Waals surface area contributed by atoms with Gasteiger partial charge in [-0.2, -0.15) is 13.2 Å². The second-order valence-corrected chi connectivity index (χ2v) is 4.75. The molecule has 0 aliphatic heterocycles. The normalized spacial score (nSPS) is 16.6. The zero-order valence-corrected chi connectivity index (χ0v) is 10.3. The van der Waals surface area contributed by atoms with Crippen LogP contribution >= 0.6 is 0 Å². The van der Waals surface area contributed by atoms with Crippen LogP contribution < -0.4 is 5.73 Å². The Morgan fingerprint density at radius 1 is 1.44 bits per heavy atom. The van der Waals surface area contributed by atoms with Gasteiger partial charge in [-0.3, -0.25) is 4.90 Å². The van der Waals surface area contributed by atoms with E-state index in [-0.39, 0.29) is 19.1 Å². The van der Waals surface area contributed by atoms with Crippen LogP contribution in [0.3, 0.4) is 0 Å². The molecule has 102 valence electrons. The van der Waals surface area contributed by atoms with Gasteiger partial charge in [-0.15, -0.1) is 0 Å². The van der Waals surface area contributed by atoms with Crippen molar-refractivity contribution in [3.63, 3.8) is 0 Å². The van der Waals surface area contributed by atoms with Gasteiger partial charge in [0.2, 0.25) is 0 Å². The number of aryl methyl sites for hydroxylation is 1. The number of hydrogen-bond acceptors (Lipinski definition) is 3. The van der Waals surface area contributed by atoms with Crippen LogP contribution in [-0.4, -0.2) is 23.7 Å². The van der Waals surface area contributed by atoms with E-state index in [0.717, 1.165) is 18.4 Å². The summed E-state index contributed by atoms with van der Waals surface area (Å²) >= 11 is 0. The lowest BCUT2D eigenvalue weighted by atomic mass is 10.2. The van der Waals surface area contributed by atoms with Gasteiger partial charge >= 0.3 is 6.18 Å². The zero-order valence-electron chi connectivity index (χ0n) is 10.3. The summed E-state index contributed by atoms with van der Waals surface area (Å²) in [6.07, 6.45) is -2.47. The molecular weight excluding hydrogens is 245 g/mol. The first-order valence-corrected chi connectivity index (χ1v) is 5.98. The predicted molar refractivity (Wildman–Crippen MR) is 60.8 cm³/mol. The highest BCUT2D eigenvalue weighted by Gasteiger charge is 2.38. The Balaban J connectivity index is 2.06. The van der Waals surface area contributed by atoms with Gasteiger partial charge in [0.25, 0.3) is 0 Å². The quantitative estimate of drug-likeness (QED) is 0.886. The molecule has 1 heterocycles. The van der Waals surface area contributed by atoms with Gasteiger partial charge in [0.15, 0.2) is 0 Å². The van der Waals surface area contributed by atoms with Crippen molar-refractivity contribution in [3.05, 3.63) is 23.2 Å². The highest BCUT2D eigenvalue weighted by atomic mass is 19.4. The summed E-state index contributed by atoms with van der Waals surface area (Å²) in [4.78, 5) is 1.47. The molecule has 0 unspecified atom stereocenters. The highest BCUT2D eigenvalue weighted by molar-refractivity contribution is 5.21. The van der Waals surface area contributed by atoms with Crippen LogP contribution in [0.25, 0.3) is 0 Å². The van der Waals surface area contributed by atoms with Crippen LogP contribution in [-0.2, 0) is 13.1 Å². The lowest BCUT2D eigenvalue weighted by Crippen LogP contribution is -2.35. The molecule has 2 N–H and O–H groups in total. The third-order valence-electron chi connectivity index (χ3n) is 3.09. The van der Waals surface area contributed by atoms with E-state index in [0.29, 0.717) is 11.5 Å². The molecule has 3 nitrogen and oxygen atoms in total. The largest absolute Gasteiger partial charge is 0.465 e. The van der Waals surface area contributed by atoms with Gasteiger partial charge < -0.3 is 10.2 Å². The van der Waals surface area contributed by atoms with Gasteiger partial charge in [0, 0.05) is 18.2 Å². The second-order valence-electron chi connectivity index (χ2n) is 4.75. The molecule has 18 heavy (non-hydrogen) atoms. The zero-order chi connectivity index (χ0) is 13.3. The van der Waals surface area contributed by atoms with Crippen LogP contribution in [0, 0.1) is 6.92 Å². The number of nitrogens with two attached hydrogens (primary N) is 1. The SMILES string of the molecule is Cc1oc(CN)cc1CN(CC(F)(F)F)C1CC1. The molecule has 0 saturated heterocycles. The molecule has 0 aromatic carbocycles. The average molecular weight is 262 g/mol. The molecule has 0 atom stereocenters. The van der Waals surface area contributed by atoms with E-state index in [1.807, 2.05) is 0 Å². The van der Waals surface area contributed by atoms with Crippen LogP contribution in [0.5, 0.6) is 0 Å². The van der Waals surface area contributed by atoms with Gasteiger partial charge in [-0.25, -0.2) is 0 Å². The van der Waals surface area contributed by atoms with E-state index in [9.17, 15) is 13.2 Å². The van der Waals surface area contributed by atoms with Crippen molar-refractivity contribution in [2.24, 2.45) is 5.73 Å². The summed E-state index contributed by atoms with van der Waals surface area (Å²) in [5.74, 6) is 1.27. The Morgan fingerprint density at radius 2 is 2.11 bits per heavy atom. The maximum atomic E-state index is 12.5. The maximum absolute atomic E-state index is 12.5. The smallest absolute Gasteiger partial charge is 0.401 e. The fraction of sp³-hybridized carbons (Fsp3) is 0.667. The summed E-state index contributed by atoms with van der Waals surface area (Å²) < 4.78 is 42.8. The summed E-state index contributed by atoms with van der Waals surface area (Å²) in [5, 5.41) is 0. The Hall–Kier alpha value is -1.01. The Morgan fingerprint density at radius 3 is 2.56 bits per heavy atom. The van der Waals surface area contributed by atoms with Crippen molar-refractivity contribution < 1.29 is 17.6 Å². The van der Waals surface area contributed by atoms with Crippen molar-refractivity contribution in [1.82, 2.24) is 4.90 Å². The van der Waals surface area contributed by atoms with E-state index in [1.165, 1.54) is 4.90 Å². The first-order valence-electron chi connectivity index (χ1n) is 5.98. The molecule has 2 rings (SSSR count). The molecule has 0 spiro atoms. The van der Waals surface area contributed by atoms with Crippen molar-refractivity contribution in [2.75, 3.05) is 6.54 Å². The lowest BCUT2D eigenvalue weighted by molar-refractivity contribution is -0.148. The van der Waals surface area contributed by atoms with Gasteiger partial charge in [0.05, 0.1) is 13.1 Å². The van der Waals surface area contributed by atoms with E-state index in [4.69, 9.17) is 10.2 Å². The van der Waals surface area contributed by atoms with Crippen molar-refractivity contribution >= 4 is 0 Å². The molecule has 1 fully saturated rings. The van der Waals surface area contributed by atoms with Gasteiger partial charge in [-0.1, -0.05) is 0 Å². The minimum atomic E-state index is -4.16. The Bertz CT molecular complexity index is 410. The van der Waals surface area contributed by atoms with Crippen LogP contribution in [0.2, 0.25) is 0 Å². The molecular formula is C12H17F3N2O. The standard InChI is InChI=1S/C12H17F3N2O/c1-8-9(4-11(5-16)18-8)6-17(10-2-3-10)7-12(13,14)15/h4,10H,2-3,5-7,16H2,1H3. The number of rotatable bonds is 5. The highest BCUT2D eigenvalue weighted by Crippen LogP contribution is 2.32. The molecule has 0 amide bonds. The Kier molecular flexibility index (Phi) is 3.68. The van der Waals surface area contributed by atoms with E-state index in [2.05, 4.69) is 0 Å². The molecule has 1 aromatic rings. The summed E-state index contributed by atoms with van der Waals surface area (Å²) in [5.41, 5.74) is 6.25. The third-order valence-corrected chi connectivity index (χ3v) is 3.09. The third kappa shape index (κ3) is 3.49. The van der Waals surface area contributed by atoms with E-state index in [1.54, 1.807) is 13.0 Å². The number of alkyl halides is 3. The van der Waals surface area contributed by atoms with Gasteiger partial charge in [-0.05, 0) is 25.8 Å². The number of furan rings is 1. The lowest BCUT2D eigenvalue weighted by Gasteiger charge is -2.22. The average Bonchev–Trinajstić information content (AvgIpc) is 3.03. The predicted octanol–water partition coefficient (Wildman–Crippen LogP) is 2.57.